The van der Waals surface area contributed by atoms with Crippen LogP contribution in [0.5, 0.6) is 0 Å². The van der Waals surface area contributed by atoms with Crippen LogP contribution in [-0.4, -0.2) is 38.0 Å². The number of nitrogens with zero attached hydrogens (tertiary/aromatic N) is 1. The Kier molecular flexibility index (Phi) is 4.04. The lowest BCUT2D eigenvalue weighted by molar-refractivity contribution is 0.0925. The molecule has 0 saturated carbocycles. The number of nitrogens with one attached hydrogen (secondary N) is 1. The first-order valence-electron chi connectivity index (χ1n) is 5.69. The zero-order chi connectivity index (χ0) is 13.1. The molecule has 0 saturated heterocycles. The summed E-state index contributed by atoms with van der Waals surface area (Å²) in [5, 5.41) is 3.73. The van der Waals surface area contributed by atoms with Crippen molar-refractivity contribution in [3.8, 4) is 0 Å². The highest BCUT2D eigenvalue weighted by Gasteiger charge is 2.12. The number of carbonyl (C=O) groups excluding carboxylic acids is 1. The summed E-state index contributed by atoms with van der Waals surface area (Å²) in [5.41, 5.74) is 0.710. The molecule has 0 radical (unpaired) electrons. The molecule has 1 aromatic carbocycles. The van der Waals surface area contributed by atoms with E-state index in [0.717, 1.165) is 16.4 Å². The van der Waals surface area contributed by atoms with Gasteiger partial charge in [-0.05, 0) is 32.3 Å². The molecule has 0 spiro atoms. The number of furan rings is 1. The minimum atomic E-state index is -0.181. The highest BCUT2D eigenvalue weighted by atomic mass is 79.9. The molecule has 2 rings (SSSR count). The SMILES string of the molecule is CN(C)CCNC(=O)c1cc2c(Br)cccc2o1. The first kappa shape index (κ1) is 13.1. The van der Waals surface area contributed by atoms with Gasteiger partial charge in [-0.1, -0.05) is 22.0 Å². The number of likely N-dealkylation sites (N-methyl/N-ethyl adjacent to an activating group) is 1. The van der Waals surface area contributed by atoms with Gasteiger partial charge in [0.1, 0.15) is 5.58 Å². The number of rotatable bonds is 4. The third-order valence-electron chi connectivity index (χ3n) is 2.58. The minimum absolute atomic E-state index is 0.181. The van der Waals surface area contributed by atoms with Crippen molar-refractivity contribution in [1.29, 1.82) is 0 Å². The van der Waals surface area contributed by atoms with Crippen molar-refractivity contribution in [3.05, 3.63) is 34.5 Å². The van der Waals surface area contributed by atoms with Crippen molar-refractivity contribution in [2.24, 2.45) is 0 Å². The number of hydrogen-bond donors (Lipinski definition) is 1. The van der Waals surface area contributed by atoms with E-state index in [2.05, 4.69) is 21.2 Å². The first-order chi connectivity index (χ1) is 8.58. The van der Waals surface area contributed by atoms with Crippen LogP contribution in [0.25, 0.3) is 11.0 Å². The van der Waals surface area contributed by atoms with Crippen LogP contribution in [0.15, 0.2) is 33.2 Å². The summed E-state index contributed by atoms with van der Waals surface area (Å²) in [6.45, 7) is 1.40. The molecule has 1 aromatic heterocycles. The maximum atomic E-state index is 11.9. The Labute approximate surface area is 114 Å². The van der Waals surface area contributed by atoms with Gasteiger partial charge in [0, 0.05) is 22.9 Å². The van der Waals surface area contributed by atoms with Gasteiger partial charge in [-0.3, -0.25) is 4.79 Å². The molecule has 0 aliphatic heterocycles. The summed E-state index contributed by atoms with van der Waals surface area (Å²) in [4.78, 5) is 13.9. The summed E-state index contributed by atoms with van der Waals surface area (Å²) in [7, 11) is 3.93. The van der Waals surface area contributed by atoms with Crippen LogP contribution < -0.4 is 5.32 Å². The van der Waals surface area contributed by atoms with Gasteiger partial charge in [-0.15, -0.1) is 0 Å². The Balaban J connectivity index is 2.11. The van der Waals surface area contributed by atoms with Gasteiger partial charge in [0.25, 0.3) is 5.91 Å². The van der Waals surface area contributed by atoms with Crippen LogP contribution in [0.3, 0.4) is 0 Å². The number of fused-ring (bicyclic) bond motifs is 1. The van der Waals surface area contributed by atoms with Crippen molar-refractivity contribution in [2.75, 3.05) is 27.2 Å². The normalized spacial score (nSPS) is 11.1. The maximum Gasteiger partial charge on any atom is 0.287 e. The summed E-state index contributed by atoms with van der Waals surface area (Å²) < 4.78 is 6.44. The molecule has 2 aromatic rings. The molecular weight excluding hydrogens is 296 g/mol. The molecule has 18 heavy (non-hydrogen) atoms. The fourth-order valence-corrected chi connectivity index (χ4v) is 2.08. The Morgan fingerprint density at radius 1 is 1.44 bits per heavy atom. The van der Waals surface area contributed by atoms with Gasteiger partial charge in [0.05, 0.1) is 0 Å². The van der Waals surface area contributed by atoms with Gasteiger partial charge in [-0.2, -0.15) is 0 Å². The fraction of sp³-hybridized carbons (Fsp3) is 0.308. The van der Waals surface area contributed by atoms with Gasteiger partial charge < -0.3 is 14.6 Å². The predicted octanol–water partition coefficient (Wildman–Crippen LogP) is 2.49. The lowest BCUT2D eigenvalue weighted by Gasteiger charge is -2.09. The van der Waals surface area contributed by atoms with Crippen molar-refractivity contribution >= 4 is 32.8 Å². The van der Waals surface area contributed by atoms with Crippen LogP contribution in [0.4, 0.5) is 0 Å². The van der Waals surface area contributed by atoms with E-state index in [-0.39, 0.29) is 5.91 Å². The molecule has 0 bridgehead atoms. The second-order valence-corrected chi connectivity index (χ2v) is 5.18. The molecule has 0 aliphatic rings. The molecule has 1 heterocycles. The zero-order valence-corrected chi connectivity index (χ0v) is 12.0. The smallest absolute Gasteiger partial charge is 0.287 e. The second-order valence-electron chi connectivity index (χ2n) is 4.32. The third-order valence-corrected chi connectivity index (χ3v) is 3.27. The maximum absolute atomic E-state index is 11.9. The Morgan fingerprint density at radius 2 is 2.22 bits per heavy atom. The van der Waals surface area contributed by atoms with Crippen molar-refractivity contribution in [1.82, 2.24) is 10.2 Å². The number of benzene rings is 1. The number of hydrogen-bond acceptors (Lipinski definition) is 3. The monoisotopic (exact) mass is 310 g/mol. The topological polar surface area (TPSA) is 45.5 Å². The van der Waals surface area contributed by atoms with E-state index in [4.69, 9.17) is 4.42 Å². The lowest BCUT2D eigenvalue weighted by atomic mass is 10.2. The van der Waals surface area contributed by atoms with Gasteiger partial charge in [0.2, 0.25) is 0 Å². The van der Waals surface area contributed by atoms with Crippen LogP contribution in [0.2, 0.25) is 0 Å². The van der Waals surface area contributed by atoms with E-state index < -0.39 is 0 Å². The molecule has 0 atom stereocenters. The highest BCUT2D eigenvalue weighted by molar-refractivity contribution is 9.10. The summed E-state index contributed by atoms with van der Waals surface area (Å²) in [5.74, 6) is 0.163. The van der Waals surface area contributed by atoms with E-state index in [0.29, 0.717) is 17.9 Å². The van der Waals surface area contributed by atoms with Gasteiger partial charge in [0.15, 0.2) is 5.76 Å². The molecule has 0 aliphatic carbocycles. The highest BCUT2D eigenvalue weighted by Crippen LogP contribution is 2.26. The second kappa shape index (κ2) is 5.54. The molecule has 1 amide bonds. The van der Waals surface area contributed by atoms with E-state index >= 15 is 0 Å². The van der Waals surface area contributed by atoms with Gasteiger partial charge in [-0.25, -0.2) is 0 Å². The van der Waals surface area contributed by atoms with Crippen molar-refractivity contribution < 1.29 is 9.21 Å². The van der Waals surface area contributed by atoms with E-state index in [1.807, 2.05) is 37.2 Å². The lowest BCUT2D eigenvalue weighted by Crippen LogP contribution is -2.31. The van der Waals surface area contributed by atoms with Crippen LogP contribution in [0, 0.1) is 0 Å². The number of carbonyl (C=O) groups is 1. The third kappa shape index (κ3) is 2.91. The van der Waals surface area contributed by atoms with E-state index in [1.54, 1.807) is 6.07 Å². The Morgan fingerprint density at radius 3 is 2.89 bits per heavy atom. The molecule has 5 heteroatoms. The molecule has 1 N–H and O–H groups in total. The van der Waals surface area contributed by atoms with Crippen LogP contribution >= 0.6 is 15.9 Å². The predicted molar refractivity (Wildman–Crippen MR) is 74.8 cm³/mol. The number of halogens is 1. The van der Waals surface area contributed by atoms with Crippen LogP contribution in [0.1, 0.15) is 10.6 Å². The molecular formula is C13H15BrN2O2. The zero-order valence-electron chi connectivity index (χ0n) is 10.4. The Bertz CT molecular complexity index is 563. The molecule has 0 fully saturated rings. The minimum Gasteiger partial charge on any atom is -0.451 e. The quantitative estimate of drug-likeness (QED) is 0.943. The summed E-state index contributed by atoms with van der Waals surface area (Å²) in [6.07, 6.45) is 0. The largest absolute Gasteiger partial charge is 0.451 e. The summed E-state index contributed by atoms with van der Waals surface area (Å²) >= 11 is 3.43. The van der Waals surface area contributed by atoms with Crippen LogP contribution in [-0.2, 0) is 0 Å². The van der Waals surface area contributed by atoms with Gasteiger partial charge >= 0.3 is 0 Å². The van der Waals surface area contributed by atoms with E-state index in [9.17, 15) is 4.79 Å². The van der Waals surface area contributed by atoms with Crippen molar-refractivity contribution in [2.45, 2.75) is 0 Å². The standard InChI is InChI=1S/C13H15BrN2O2/c1-16(2)7-6-15-13(17)12-8-9-10(14)4-3-5-11(9)18-12/h3-5,8H,6-7H2,1-2H3,(H,15,17). The summed E-state index contributed by atoms with van der Waals surface area (Å²) in [6, 6.07) is 7.40. The molecule has 4 nitrogen and oxygen atoms in total. The fourth-order valence-electron chi connectivity index (χ4n) is 1.62. The molecule has 96 valence electrons. The average Bonchev–Trinajstić information content (AvgIpc) is 2.74. The number of amides is 1. The Hall–Kier alpha value is -1.33. The first-order valence-corrected chi connectivity index (χ1v) is 6.48. The van der Waals surface area contributed by atoms with Crippen molar-refractivity contribution in [3.63, 3.8) is 0 Å². The average molecular weight is 311 g/mol. The molecule has 0 unspecified atom stereocenters. The van der Waals surface area contributed by atoms with E-state index in [1.165, 1.54) is 0 Å².